The molecule has 0 radical (unpaired) electrons. The van der Waals surface area contributed by atoms with Crippen LogP contribution in [0.4, 0.5) is 0 Å². The average Bonchev–Trinajstić information content (AvgIpc) is 3.10. The number of carbonyl (C=O) groups is 1. The van der Waals surface area contributed by atoms with Gasteiger partial charge in [-0.05, 0) is 42.5 Å². The van der Waals surface area contributed by atoms with Gasteiger partial charge in [0, 0.05) is 25.0 Å². The van der Waals surface area contributed by atoms with Gasteiger partial charge in [0.05, 0.1) is 17.4 Å². The standard InChI is InChI=1S/C22H26N4O/c23-19-5-3-4-18(12-19)22(27)24-13-16-8-10-17(11-9-16)14-26-15-25-20-6-1-2-7-21(20)26/h1-2,6-11,15,18-19H,3-5,12-14,23H2,(H,24,27). The van der Waals surface area contributed by atoms with Gasteiger partial charge in [-0.25, -0.2) is 4.98 Å². The Hall–Kier alpha value is -2.66. The molecule has 1 amide bonds. The number of nitrogens with one attached hydrogen (secondary N) is 1. The lowest BCUT2D eigenvalue weighted by molar-refractivity contribution is -0.126. The molecule has 1 saturated carbocycles. The first kappa shape index (κ1) is 17.7. The zero-order valence-corrected chi connectivity index (χ0v) is 15.5. The van der Waals surface area contributed by atoms with E-state index in [0.717, 1.165) is 48.8 Å². The van der Waals surface area contributed by atoms with Gasteiger partial charge in [0.15, 0.2) is 0 Å². The smallest absolute Gasteiger partial charge is 0.223 e. The molecular formula is C22H26N4O. The van der Waals surface area contributed by atoms with Crippen LogP contribution < -0.4 is 11.1 Å². The lowest BCUT2D eigenvalue weighted by atomic mass is 9.85. The third-order valence-corrected chi connectivity index (χ3v) is 5.46. The molecule has 2 atom stereocenters. The summed E-state index contributed by atoms with van der Waals surface area (Å²) >= 11 is 0. The Bertz CT molecular complexity index is 915. The third-order valence-electron chi connectivity index (χ3n) is 5.46. The van der Waals surface area contributed by atoms with Crippen LogP contribution in [0, 0.1) is 5.92 Å². The van der Waals surface area contributed by atoms with Crippen LogP contribution in [0.5, 0.6) is 0 Å². The van der Waals surface area contributed by atoms with Gasteiger partial charge >= 0.3 is 0 Å². The molecule has 0 spiro atoms. The van der Waals surface area contributed by atoms with E-state index in [1.165, 1.54) is 5.56 Å². The number of benzene rings is 2. The van der Waals surface area contributed by atoms with Gasteiger partial charge in [-0.15, -0.1) is 0 Å². The molecule has 0 aliphatic heterocycles. The highest BCUT2D eigenvalue weighted by molar-refractivity contribution is 5.78. The van der Waals surface area contributed by atoms with E-state index in [9.17, 15) is 4.79 Å². The van der Waals surface area contributed by atoms with Gasteiger partial charge in [0.25, 0.3) is 0 Å². The number of para-hydroxylation sites is 2. The molecule has 27 heavy (non-hydrogen) atoms. The normalized spacial score (nSPS) is 19.9. The Labute approximate surface area is 159 Å². The number of nitrogens with zero attached hydrogens (tertiary/aromatic N) is 2. The Kier molecular flexibility index (Phi) is 5.21. The van der Waals surface area contributed by atoms with Crippen molar-refractivity contribution in [3.05, 3.63) is 66.0 Å². The first-order valence-electron chi connectivity index (χ1n) is 9.70. The second kappa shape index (κ2) is 7.92. The van der Waals surface area contributed by atoms with Crippen LogP contribution >= 0.6 is 0 Å². The van der Waals surface area contributed by atoms with E-state index < -0.39 is 0 Å². The summed E-state index contributed by atoms with van der Waals surface area (Å²) in [7, 11) is 0. The van der Waals surface area contributed by atoms with Crippen LogP contribution in [0.25, 0.3) is 11.0 Å². The van der Waals surface area contributed by atoms with E-state index in [4.69, 9.17) is 5.73 Å². The highest BCUT2D eigenvalue weighted by Crippen LogP contribution is 2.23. The number of carbonyl (C=O) groups excluding carboxylic acids is 1. The minimum Gasteiger partial charge on any atom is -0.352 e. The third kappa shape index (κ3) is 4.19. The maximum absolute atomic E-state index is 12.3. The number of hydrogen-bond acceptors (Lipinski definition) is 3. The van der Waals surface area contributed by atoms with Crippen molar-refractivity contribution >= 4 is 16.9 Å². The molecule has 3 aromatic rings. The molecule has 1 heterocycles. The Morgan fingerprint density at radius 2 is 1.89 bits per heavy atom. The second-order valence-electron chi connectivity index (χ2n) is 7.52. The summed E-state index contributed by atoms with van der Waals surface area (Å²) in [5.41, 5.74) is 10.5. The molecule has 0 saturated heterocycles. The topological polar surface area (TPSA) is 72.9 Å². The van der Waals surface area contributed by atoms with Gasteiger partial charge in [-0.1, -0.05) is 42.8 Å². The number of imidazole rings is 1. The first-order chi connectivity index (χ1) is 13.2. The summed E-state index contributed by atoms with van der Waals surface area (Å²) < 4.78 is 2.15. The highest BCUT2D eigenvalue weighted by Gasteiger charge is 2.24. The minimum atomic E-state index is 0.0718. The largest absolute Gasteiger partial charge is 0.352 e. The summed E-state index contributed by atoms with van der Waals surface area (Å²) in [6.45, 7) is 1.35. The van der Waals surface area contributed by atoms with Crippen molar-refractivity contribution in [3.63, 3.8) is 0 Å². The zero-order valence-electron chi connectivity index (χ0n) is 15.5. The molecule has 3 N–H and O–H groups in total. The fourth-order valence-electron chi connectivity index (χ4n) is 3.89. The summed E-state index contributed by atoms with van der Waals surface area (Å²) in [6, 6.07) is 16.7. The number of rotatable bonds is 5. The van der Waals surface area contributed by atoms with Gasteiger partial charge in [-0.2, -0.15) is 0 Å². The molecule has 4 rings (SSSR count). The second-order valence-corrected chi connectivity index (χ2v) is 7.52. The maximum Gasteiger partial charge on any atom is 0.223 e. The van der Waals surface area contributed by atoms with E-state index in [0.29, 0.717) is 6.54 Å². The van der Waals surface area contributed by atoms with Gasteiger partial charge < -0.3 is 15.6 Å². The fraction of sp³-hybridized carbons (Fsp3) is 0.364. The zero-order chi connectivity index (χ0) is 18.6. The molecule has 1 aliphatic rings. The van der Waals surface area contributed by atoms with Gasteiger partial charge in [-0.3, -0.25) is 4.79 Å². The maximum atomic E-state index is 12.3. The van der Waals surface area contributed by atoms with Crippen molar-refractivity contribution in [1.29, 1.82) is 0 Å². The quantitative estimate of drug-likeness (QED) is 0.732. The van der Waals surface area contributed by atoms with Crippen LogP contribution in [0.1, 0.15) is 36.8 Å². The summed E-state index contributed by atoms with van der Waals surface area (Å²) in [4.78, 5) is 16.8. The van der Waals surface area contributed by atoms with E-state index in [-0.39, 0.29) is 17.9 Å². The fourth-order valence-corrected chi connectivity index (χ4v) is 3.89. The Morgan fingerprint density at radius 3 is 2.70 bits per heavy atom. The van der Waals surface area contributed by atoms with Gasteiger partial charge in [0.1, 0.15) is 0 Å². The average molecular weight is 362 g/mol. The van der Waals surface area contributed by atoms with Crippen molar-refractivity contribution < 1.29 is 4.79 Å². The van der Waals surface area contributed by atoms with Crippen LogP contribution in [0.15, 0.2) is 54.9 Å². The van der Waals surface area contributed by atoms with Crippen molar-refractivity contribution in [3.8, 4) is 0 Å². The molecule has 5 nitrogen and oxygen atoms in total. The minimum absolute atomic E-state index is 0.0718. The van der Waals surface area contributed by atoms with Crippen LogP contribution in [-0.4, -0.2) is 21.5 Å². The number of fused-ring (bicyclic) bond motifs is 1. The number of nitrogens with two attached hydrogens (primary N) is 1. The Morgan fingerprint density at radius 1 is 1.11 bits per heavy atom. The molecule has 2 unspecified atom stereocenters. The predicted molar refractivity (Wildman–Crippen MR) is 107 cm³/mol. The van der Waals surface area contributed by atoms with E-state index >= 15 is 0 Å². The monoisotopic (exact) mass is 362 g/mol. The van der Waals surface area contributed by atoms with Crippen molar-refractivity contribution in [1.82, 2.24) is 14.9 Å². The number of amides is 1. The first-order valence-corrected chi connectivity index (χ1v) is 9.70. The summed E-state index contributed by atoms with van der Waals surface area (Å²) in [5, 5.41) is 3.07. The molecule has 2 aromatic carbocycles. The van der Waals surface area contributed by atoms with Gasteiger partial charge in [0.2, 0.25) is 5.91 Å². The summed E-state index contributed by atoms with van der Waals surface area (Å²) in [5.74, 6) is 0.210. The van der Waals surface area contributed by atoms with E-state index in [1.807, 2.05) is 24.5 Å². The molecular weight excluding hydrogens is 336 g/mol. The van der Waals surface area contributed by atoms with E-state index in [2.05, 4.69) is 45.2 Å². The van der Waals surface area contributed by atoms with Crippen LogP contribution in [0.3, 0.4) is 0 Å². The molecule has 1 fully saturated rings. The molecule has 0 bridgehead atoms. The number of hydrogen-bond donors (Lipinski definition) is 2. The van der Waals surface area contributed by atoms with Crippen LogP contribution in [0.2, 0.25) is 0 Å². The van der Waals surface area contributed by atoms with E-state index in [1.54, 1.807) is 0 Å². The SMILES string of the molecule is NC1CCCC(C(=O)NCc2ccc(Cn3cnc4ccccc43)cc2)C1. The lowest BCUT2D eigenvalue weighted by Crippen LogP contribution is -2.37. The molecule has 1 aliphatic carbocycles. The predicted octanol–water partition coefficient (Wildman–Crippen LogP) is 3.22. The summed E-state index contributed by atoms with van der Waals surface area (Å²) in [6.07, 6.45) is 5.74. The molecule has 140 valence electrons. The van der Waals surface area contributed by atoms with Crippen molar-refractivity contribution in [2.75, 3.05) is 0 Å². The van der Waals surface area contributed by atoms with Crippen molar-refractivity contribution in [2.24, 2.45) is 11.7 Å². The Balaban J connectivity index is 1.34. The number of aromatic nitrogens is 2. The van der Waals surface area contributed by atoms with Crippen LogP contribution in [-0.2, 0) is 17.9 Å². The lowest BCUT2D eigenvalue weighted by Gasteiger charge is -2.25. The molecule has 1 aromatic heterocycles. The van der Waals surface area contributed by atoms with Crippen molar-refractivity contribution in [2.45, 2.75) is 44.8 Å². The molecule has 5 heteroatoms. The highest BCUT2D eigenvalue weighted by atomic mass is 16.1.